The van der Waals surface area contributed by atoms with E-state index in [1.807, 2.05) is 6.92 Å². The summed E-state index contributed by atoms with van der Waals surface area (Å²) < 4.78 is 36.6. The monoisotopic (exact) mass is 287 g/mol. The molecule has 1 unspecified atom stereocenters. The average molecular weight is 287 g/mol. The van der Waals surface area contributed by atoms with Crippen molar-refractivity contribution in [3.8, 4) is 0 Å². The van der Waals surface area contributed by atoms with Crippen molar-refractivity contribution in [2.45, 2.75) is 38.5 Å². The van der Waals surface area contributed by atoms with Crippen LogP contribution in [0.25, 0.3) is 0 Å². The third-order valence-electron chi connectivity index (χ3n) is 3.13. The highest BCUT2D eigenvalue weighted by Gasteiger charge is 2.28. The van der Waals surface area contributed by atoms with Gasteiger partial charge in [-0.05, 0) is 33.8 Å². The van der Waals surface area contributed by atoms with E-state index in [-0.39, 0.29) is 17.6 Å². The summed E-state index contributed by atoms with van der Waals surface area (Å²) in [5, 5.41) is 3.05. The van der Waals surface area contributed by atoms with Gasteiger partial charge in [0.25, 0.3) is 0 Å². The summed E-state index contributed by atoms with van der Waals surface area (Å²) in [6.45, 7) is 7.19. The number of sulfone groups is 1. The van der Waals surface area contributed by atoms with Crippen LogP contribution < -0.4 is 5.32 Å². The molecule has 0 fully saturated rings. The SMILES string of the molecule is CC(NCCS(=O)(=O)C(C)(C)C)c1ccccc1F. The molecule has 0 saturated heterocycles. The quantitative estimate of drug-likeness (QED) is 0.905. The van der Waals surface area contributed by atoms with Crippen molar-refractivity contribution in [3.05, 3.63) is 35.6 Å². The van der Waals surface area contributed by atoms with E-state index in [0.29, 0.717) is 12.1 Å². The Morgan fingerprint density at radius 2 is 1.84 bits per heavy atom. The Morgan fingerprint density at radius 1 is 1.26 bits per heavy atom. The maximum absolute atomic E-state index is 13.5. The van der Waals surface area contributed by atoms with E-state index in [1.165, 1.54) is 6.07 Å². The van der Waals surface area contributed by atoms with Gasteiger partial charge in [-0.15, -0.1) is 0 Å². The highest BCUT2D eigenvalue weighted by Crippen LogP contribution is 2.17. The van der Waals surface area contributed by atoms with Crippen LogP contribution >= 0.6 is 0 Å². The van der Waals surface area contributed by atoms with Crippen molar-refractivity contribution in [2.75, 3.05) is 12.3 Å². The predicted molar refractivity (Wildman–Crippen MR) is 76.4 cm³/mol. The molecule has 0 aliphatic carbocycles. The largest absolute Gasteiger partial charge is 0.309 e. The molecule has 0 aliphatic heterocycles. The first kappa shape index (κ1) is 16.1. The highest BCUT2D eigenvalue weighted by molar-refractivity contribution is 7.92. The van der Waals surface area contributed by atoms with E-state index in [4.69, 9.17) is 0 Å². The molecule has 0 aliphatic rings. The molecule has 108 valence electrons. The molecule has 0 spiro atoms. The lowest BCUT2D eigenvalue weighted by Crippen LogP contribution is -2.35. The predicted octanol–water partition coefficient (Wildman–Crippen LogP) is 2.69. The fourth-order valence-electron chi connectivity index (χ4n) is 1.65. The molecule has 1 aromatic carbocycles. The van der Waals surface area contributed by atoms with Crippen LogP contribution in [0, 0.1) is 5.82 Å². The van der Waals surface area contributed by atoms with Gasteiger partial charge < -0.3 is 5.32 Å². The molecule has 3 nitrogen and oxygen atoms in total. The molecule has 1 N–H and O–H groups in total. The van der Waals surface area contributed by atoms with Crippen molar-refractivity contribution in [3.63, 3.8) is 0 Å². The van der Waals surface area contributed by atoms with Gasteiger partial charge in [0.2, 0.25) is 0 Å². The molecule has 5 heteroatoms. The Morgan fingerprint density at radius 3 is 2.37 bits per heavy atom. The molecule has 1 atom stereocenters. The van der Waals surface area contributed by atoms with Crippen molar-refractivity contribution in [2.24, 2.45) is 0 Å². The van der Waals surface area contributed by atoms with E-state index >= 15 is 0 Å². The van der Waals surface area contributed by atoms with Gasteiger partial charge in [0, 0.05) is 18.2 Å². The second kappa shape index (κ2) is 6.01. The summed E-state index contributed by atoms with van der Waals surface area (Å²) in [6, 6.07) is 6.29. The third-order valence-corrected chi connectivity index (χ3v) is 5.73. The van der Waals surface area contributed by atoms with E-state index in [0.717, 1.165) is 0 Å². The third kappa shape index (κ3) is 4.28. The first-order valence-electron chi connectivity index (χ1n) is 6.35. The summed E-state index contributed by atoms with van der Waals surface area (Å²) in [5.41, 5.74) is 0.552. The zero-order valence-corrected chi connectivity index (χ0v) is 12.7. The lowest BCUT2D eigenvalue weighted by atomic mass is 10.1. The van der Waals surface area contributed by atoms with Gasteiger partial charge in [-0.25, -0.2) is 12.8 Å². The second-order valence-corrected chi connectivity index (χ2v) is 8.49. The van der Waals surface area contributed by atoms with Crippen LogP contribution in [0.5, 0.6) is 0 Å². The first-order chi connectivity index (χ1) is 8.65. The van der Waals surface area contributed by atoms with E-state index in [1.54, 1.807) is 39.0 Å². The minimum absolute atomic E-state index is 0.0509. The minimum atomic E-state index is -3.14. The average Bonchev–Trinajstić information content (AvgIpc) is 2.27. The molecule has 0 radical (unpaired) electrons. The fraction of sp³-hybridized carbons (Fsp3) is 0.571. The van der Waals surface area contributed by atoms with E-state index < -0.39 is 14.6 Å². The van der Waals surface area contributed by atoms with E-state index in [2.05, 4.69) is 5.32 Å². The van der Waals surface area contributed by atoms with Crippen LogP contribution in [0.3, 0.4) is 0 Å². The normalized spacial score (nSPS) is 14.4. The van der Waals surface area contributed by atoms with Gasteiger partial charge in [0.05, 0.1) is 10.5 Å². The molecular weight excluding hydrogens is 265 g/mol. The number of hydrogen-bond donors (Lipinski definition) is 1. The van der Waals surface area contributed by atoms with Gasteiger partial charge in [0.15, 0.2) is 9.84 Å². The van der Waals surface area contributed by atoms with Crippen LogP contribution in [-0.2, 0) is 9.84 Å². The standard InChI is InChI=1S/C14H22FNO2S/c1-11(12-7-5-6-8-13(12)15)16-9-10-19(17,18)14(2,3)4/h5-8,11,16H,9-10H2,1-4H3. The van der Waals surface area contributed by atoms with E-state index in [9.17, 15) is 12.8 Å². The molecule has 0 heterocycles. The highest BCUT2D eigenvalue weighted by atomic mass is 32.2. The number of rotatable bonds is 5. The molecule has 0 bridgehead atoms. The van der Waals surface area contributed by atoms with Gasteiger partial charge >= 0.3 is 0 Å². The van der Waals surface area contributed by atoms with Crippen LogP contribution in [-0.4, -0.2) is 25.5 Å². The zero-order chi connectivity index (χ0) is 14.7. The Labute approximate surface area is 115 Å². The smallest absolute Gasteiger partial charge is 0.156 e. The second-order valence-electron chi connectivity index (χ2n) is 5.63. The number of nitrogens with one attached hydrogen (secondary N) is 1. The lowest BCUT2D eigenvalue weighted by Gasteiger charge is -2.20. The maximum atomic E-state index is 13.5. The van der Waals surface area contributed by atoms with Crippen LogP contribution in [0.15, 0.2) is 24.3 Å². The number of benzene rings is 1. The molecular formula is C14H22FNO2S. The molecule has 0 saturated carbocycles. The summed E-state index contributed by atoms with van der Waals surface area (Å²) >= 11 is 0. The Bertz CT molecular complexity index is 520. The Kier molecular flexibility index (Phi) is 5.10. The summed E-state index contributed by atoms with van der Waals surface area (Å²) in [6.07, 6.45) is 0. The number of halogens is 1. The summed E-state index contributed by atoms with van der Waals surface area (Å²) in [4.78, 5) is 0. The molecule has 1 aromatic rings. The van der Waals surface area contributed by atoms with Crippen molar-refractivity contribution in [1.29, 1.82) is 0 Å². The van der Waals surface area contributed by atoms with Crippen LogP contribution in [0.1, 0.15) is 39.3 Å². The van der Waals surface area contributed by atoms with Gasteiger partial charge in [-0.3, -0.25) is 0 Å². The topological polar surface area (TPSA) is 46.2 Å². The Balaban J connectivity index is 2.58. The Hall–Kier alpha value is -0.940. The van der Waals surface area contributed by atoms with Crippen molar-refractivity contribution in [1.82, 2.24) is 5.32 Å². The van der Waals surface area contributed by atoms with Crippen molar-refractivity contribution < 1.29 is 12.8 Å². The van der Waals surface area contributed by atoms with Crippen LogP contribution in [0.2, 0.25) is 0 Å². The van der Waals surface area contributed by atoms with Crippen molar-refractivity contribution >= 4 is 9.84 Å². The van der Waals surface area contributed by atoms with Gasteiger partial charge in [-0.2, -0.15) is 0 Å². The van der Waals surface area contributed by atoms with Gasteiger partial charge in [-0.1, -0.05) is 18.2 Å². The van der Waals surface area contributed by atoms with Crippen LogP contribution in [0.4, 0.5) is 4.39 Å². The summed E-state index contributed by atoms with van der Waals surface area (Å²) in [7, 11) is -3.14. The maximum Gasteiger partial charge on any atom is 0.156 e. The van der Waals surface area contributed by atoms with Gasteiger partial charge in [0.1, 0.15) is 5.82 Å². The number of hydrogen-bond acceptors (Lipinski definition) is 3. The molecule has 0 amide bonds. The lowest BCUT2D eigenvalue weighted by molar-refractivity contribution is 0.529. The molecule has 0 aromatic heterocycles. The fourth-order valence-corrected chi connectivity index (χ4v) is 2.65. The summed E-state index contributed by atoms with van der Waals surface area (Å²) in [5.74, 6) is -0.226. The minimum Gasteiger partial charge on any atom is -0.309 e. The molecule has 1 rings (SSSR count). The zero-order valence-electron chi connectivity index (χ0n) is 11.9. The first-order valence-corrected chi connectivity index (χ1v) is 8.00. The molecule has 19 heavy (non-hydrogen) atoms.